The van der Waals surface area contributed by atoms with Gasteiger partial charge in [-0.1, -0.05) is 121 Å². The summed E-state index contributed by atoms with van der Waals surface area (Å²) in [4.78, 5) is 4.93. The van der Waals surface area contributed by atoms with Gasteiger partial charge in [0, 0.05) is 28.0 Å². The third-order valence-corrected chi connectivity index (χ3v) is 12.7. The summed E-state index contributed by atoms with van der Waals surface area (Å²) in [5.41, 5.74) is 14.5. The number of para-hydroxylation sites is 7. The lowest BCUT2D eigenvalue weighted by molar-refractivity contribution is -0.657. The van der Waals surface area contributed by atoms with Gasteiger partial charge in [0.25, 0.3) is 12.1 Å². The number of hydrogen-bond acceptors (Lipinski definition) is 3. The molecule has 63 heavy (non-hydrogen) atoms. The first-order valence-corrected chi connectivity index (χ1v) is 21.4. The highest BCUT2D eigenvalue weighted by Crippen LogP contribution is 2.51. The summed E-state index contributed by atoms with van der Waals surface area (Å²) in [6.07, 6.45) is 5.90. The minimum Gasteiger partial charge on any atom is -0.458 e. The average molecular weight is 810 g/mol. The molecule has 0 N–H and O–H groups in total. The predicted octanol–water partition coefficient (Wildman–Crippen LogP) is 11.1. The van der Waals surface area contributed by atoms with Crippen LogP contribution in [0, 0.1) is 6.33 Å². The molecule has 0 aliphatic carbocycles. The molecular formula is C55H38BN6O+. The minimum absolute atomic E-state index is 0.0809. The first-order valence-electron chi connectivity index (χ1n) is 21.4. The monoisotopic (exact) mass is 809 g/mol. The average Bonchev–Trinajstić information content (AvgIpc) is 4.00. The lowest BCUT2D eigenvalue weighted by Crippen LogP contribution is -2.58. The van der Waals surface area contributed by atoms with Crippen LogP contribution < -0.4 is 29.0 Å². The molecule has 5 heterocycles. The quantitative estimate of drug-likeness (QED) is 0.0953. The van der Waals surface area contributed by atoms with Crippen molar-refractivity contribution in [2.45, 2.75) is 0 Å². The van der Waals surface area contributed by atoms with E-state index in [-0.39, 0.29) is 6.98 Å². The standard InChI is InChI=1S/C55H38BN6O/c1-57-34-16-24-45-42-21-5-8-25-46(42)56-61(38-17-3-2-4-18-38)53-33-32-41(36-54(53)62(56)55(45)57)63-40-20-15-19-39(35-40)58-37-59(50-29-12-11-28-49(50)58)51-30-13-14-31-52(51)60-47-26-9-6-22-43(47)44-23-7-10-27-48(44)60/h2-36H,1H3/q+1. The number of aromatic nitrogens is 4. The number of rotatable bonds is 6. The Morgan fingerprint density at radius 3 is 2.00 bits per heavy atom. The molecule has 8 heteroatoms. The molecule has 7 nitrogen and oxygen atoms in total. The van der Waals surface area contributed by atoms with Gasteiger partial charge in [-0.25, -0.2) is 4.57 Å². The van der Waals surface area contributed by atoms with Crippen LogP contribution in [0.1, 0.15) is 0 Å². The first kappa shape index (κ1) is 35.4. The largest absolute Gasteiger partial charge is 0.543 e. The zero-order chi connectivity index (χ0) is 41.6. The number of imidazole rings is 1. The Morgan fingerprint density at radius 2 is 1.16 bits per heavy atom. The van der Waals surface area contributed by atoms with Crippen LogP contribution in [0.25, 0.3) is 61.0 Å². The van der Waals surface area contributed by atoms with E-state index in [4.69, 9.17) is 4.74 Å². The van der Waals surface area contributed by atoms with Crippen molar-refractivity contribution >= 4 is 68.2 Å². The molecule has 2 aliphatic heterocycles. The number of benzene rings is 8. The fourth-order valence-electron chi connectivity index (χ4n) is 10.1. The zero-order valence-electron chi connectivity index (χ0n) is 34.4. The molecule has 13 rings (SSSR count). The van der Waals surface area contributed by atoms with Crippen molar-refractivity contribution in [3.63, 3.8) is 0 Å². The van der Waals surface area contributed by atoms with E-state index in [1.807, 2.05) is 6.07 Å². The number of anilines is 4. The molecule has 0 saturated carbocycles. The Kier molecular flexibility index (Phi) is 7.78. The highest BCUT2D eigenvalue weighted by Gasteiger charge is 2.55. The topological polar surface area (TPSA) is 33.3 Å². The molecule has 8 aromatic carbocycles. The van der Waals surface area contributed by atoms with Gasteiger partial charge in [-0.2, -0.15) is 0 Å². The van der Waals surface area contributed by atoms with Crippen LogP contribution in [0.2, 0.25) is 0 Å². The molecule has 0 fully saturated rings. The van der Waals surface area contributed by atoms with Crippen LogP contribution in [-0.2, 0) is 7.05 Å². The van der Waals surface area contributed by atoms with Gasteiger partial charge < -0.3 is 14.1 Å². The molecule has 0 atom stereocenters. The molecule has 2 aliphatic rings. The molecule has 0 radical (unpaired) electrons. The summed E-state index contributed by atoms with van der Waals surface area (Å²) in [5, 5.41) is 2.46. The van der Waals surface area contributed by atoms with E-state index in [9.17, 15) is 0 Å². The van der Waals surface area contributed by atoms with Gasteiger partial charge in [-0.15, -0.1) is 0 Å². The van der Waals surface area contributed by atoms with E-state index in [0.717, 1.165) is 62.5 Å². The van der Waals surface area contributed by atoms with Crippen LogP contribution in [-0.4, -0.2) is 16.1 Å². The lowest BCUT2D eigenvalue weighted by atomic mass is 9.60. The molecule has 0 amide bonds. The lowest BCUT2D eigenvalue weighted by Gasteiger charge is -2.30. The molecule has 0 saturated heterocycles. The maximum Gasteiger partial charge on any atom is 0.543 e. The summed E-state index contributed by atoms with van der Waals surface area (Å²) in [6.45, 7) is -0.0809. The molecule has 0 bridgehead atoms. The summed E-state index contributed by atoms with van der Waals surface area (Å²) >= 11 is 0. The normalized spacial score (nSPS) is 12.7. The summed E-state index contributed by atoms with van der Waals surface area (Å²) in [7, 11) is 2.13. The van der Waals surface area contributed by atoms with Crippen molar-refractivity contribution < 1.29 is 13.9 Å². The Morgan fingerprint density at radius 1 is 0.492 bits per heavy atom. The van der Waals surface area contributed by atoms with Gasteiger partial charge in [0.1, 0.15) is 17.2 Å². The third-order valence-electron chi connectivity index (χ3n) is 12.7. The predicted molar refractivity (Wildman–Crippen MR) is 254 cm³/mol. The van der Waals surface area contributed by atoms with Gasteiger partial charge in [0.05, 0.1) is 63.6 Å². The van der Waals surface area contributed by atoms with Crippen molar-refractivity contribution in [3.05, 3.63) is 219 Å². The Labute approximate surface area is 364 Å². The highest BCUT2D eigenvalue weighted by atomic mass is 16.5. The second kappa shape index (κ2) is 13.8. The number of aryl methyl sites for hydroxylation is 1. The smallest absolute Gasteiger partial charge is 0.458 e. The van der Waals surface area contributed by atoms with Gasteiger partial charge in [-0.05, 0) is 84.4 Å². The molecule has 0 spiro atoms. The molecule has 11 aromatic rings. The van der Waals surface area contributed by atoms with Crippen molar-refractivity contribution in [2.24, 2.45) is 7.05 Å². The maximum absolute atomic E-state index is 6.84. The number of nitrogens with zero attached hydrogens (tertiary/aromatic N) is 6. The highest BCUT2D eigenvalue weighted by molar-refractivity contribution is 6.86. The fraction of sp³-hybridized carbons (Fsp3) is 0.0182. The molecular weight excluding hydrogens is 771 g/mol. The first-order chi connectivity index (χ1) is 31.2. The van der Waals surface area contributed by atoms with E-state index in [2.05, 4.69) is 248 Å². The summed E-state index contributed by atoms with van der Waals surface area (Å²) < 4.78 is 15.8. The second-order valence-corrected chi connectivity index (χ2v) is 16.3. The van der Waals surface area contributed by atoms with Crippen molar-refractivity contribution in [1.82, 2.24) is 9.13 Å². The Bertz CT molecular complexity index is 3560. The van der Waals surface area contributed by atoms with E-state index in [1.54, 1.807) is 0 Å². The van der Waals surface area contributed by atoms with Gasteiger partial charge >= 0.3 is 6.98 Å². The van der Waals surface area contributed by atoms with Crippen molar-refractivity contribution in [1.29, 1.82) is 0 Å². The SMILES string of the molecule is C[n+]1cccc2c1N1B(c3ccccc3-2)N(c2ccccc2)c2ccc(Oc3cccc(-n4[c-][n+](-c5ccccc5-n5c6ccccc6c6ccccc65)c5ccccc54)c3)cc21. The van der Waals surface area contributed by atoms with Crippen molar-refractivity contribution in [2.75, 3.05) is 9.62 Å². The van der Waals surface area contributed by atoms with E-state index in [1.165, 1.54) is 38.4 Å². The summed E-state index contributed by atoms with van der Waals surface area (Å²) in [6, 6.07) is 73.1. The minimum atomic E-state index is -0.0809. The molecule has 3 aromatic heterocycles. The van der Waals surface area contributed by atoms with E-state index in [0.29, 0.717) is 0 Å². The number of pyridine rings is 1. The van der Waals surface area contributed by atoms with Crippen LogP contribution in [0.3, 0.4) is 0 Å². The van der Waals surface area contributed by atoms with Crippen molar-refractivity contribution in [3.8, 4) is 39.7 Å². The number of ether oxygens (including phenoxy) is 1. The van der Waals surface area contributed by atoms with E-state index < -0.39 is 0 Å². The fourth-order valence-corrected chi connectivity index (χ4v) is 10.1. The third kappa shape index (κ3) is 5.34. The van der Waals surface area contributed by atoms with Gasteiger partial charge in [-0.3, -0.25) is 13.9 Å². The Hall–Kier alpha value is -8.36. The second-order valence-electron chi connectivity index (χ2n) is 16.3. The zero-order valence-corrected chi connectivity index (χ0v) is 34.4. The summed E-state index contributed by atoms with van der Waals surface area (Å²) in [5.74, 6) is 2.64. The van der Waals surface area contributed by atoms with Crippen LogP contribution in [0.5, 0.6) is 11.5 Å². The van der Waals surface area contributed by atoms with Crippen LogP contribution in [0.4, 0.5) is 22.9 Å². The van der Waals surface area contributed by atoms with Gasteiger partial charge in [0.15, 0.2) is 0 Å². The molecule has 296 valence electrons. The van der Waals surface area contributed by atoms with E-state index >= 15 is 0 Å². The maximum atomic E-state index is 6.84. The number of hydrogen-bond donors (Lipinski definition) is 0. The number of fused-ring (bicyclic) bond motifs is 12. The molecule has 0 unspecified atom stereocenters. The van der Waals surface area contributed by atoms with Gasteiger partial charge in [0.2, 0.25) is 0 Å². The van der Waals surface area contributed by atoms with Crippen LogP contribution in [0.15, 0.2) is 212 Å². The van der Waals surface area contributed by atoms with Crippen LogP contribution >= 0.6 is 0 Å². The Balaban J connectivity index is 0.911.